The summed E-state index contributed by atoms with van der Waals surface area (Å²) >= 11 is 0. The number of nitrogens with one attached hydrogen (secondary N) is 3. The highest BCUT2D eigenvalue weighted by atomic mass is 19.1. The molecule has 1 aromatic carbocycles. The van der Waals surface area contributed by atoms with E-state index >= 15 is 0 Å². The van der Waals surface area contributed by atoms with Crippen molar-refractivity contribution in [2.75, 3.05) is 7.05 Å². The molecule has 1 heterocycles. The van der Waals surface area contributed by atoms with Crippen molar-refractivity contribution in [2.45, 2.75) is 88.8 Å². The van der Waals surface area contributed by atoms with Crippen LogP contribution in [0.3, 0.4) is 0 Å². The maximum atomic E-state index is 13.7. The first-order valence-corrected chi connectivity index (χ1v) is 15.8. The third-order valence-corrected chi connectivity index (χ3v) is 8.37. The SMILES string of the molecule is CC[C@H](C(=N)C(=O)[C@@H](NC(=O)[C@H](C)NC)C1CCCCC1)c1cncc(C(=O)c2ccc(F)cc2)c1.O=C(O)CC(O)(CC(=O)O)C(=O)O. The highest BCUT2D eigenvalue weighted by Crippen LogP contribution is 2.30. The molecule has 3 atom stereocenters. The highest BCUT2D eigenvalue weighted by Gasteiger charge is 2.41. The Balaban J connectivity index is 0.000000543. The Kier molecular flexibility index (Phi) is 15.3. The van der Waals surface area contributed by atoms with Gasteiger partial charge in [0.15, 0.2) is 17.2 Å². The standard InChI is InChI=1S/C28H35FN4O3.C6H8O7/c1-4-23(20-14-21(16-32-15-20)26(34)19-10-12-22(29)13-11-19)24(30)27(35)25(18-8-6-5-7-9-18)33-28(36)17(2)31-3;7-3(8)1-6(13,5(11)12)2-4(9)10/h10-18,23,25,30-31H,4-9H2,1-3H3,(H,33,36);13H,1-2H2,(H,7,8)(H,9,10)(H,11,12)/t17-,23-,25-;/m0./s1. The fourth-order valence-electron chi connectivity index (χ4n) is 5.47. The molecular formula is C34H43FN4O10. The number of carboxylic acids is 3. The fourth-order valence-corrected chi connectivity index (χ4v) is 5.47. The molecule has 14 nitrogen and oxygen atoms in total. The van der Waals surface area contributed by atoms with Crippen LogP contribution in [0.1, 0.15) is 92.6 Å². The van der Waals surface area contributed by atoms with Crippen LogP contribution < -0.4 is 10.6 Å². The van der Waals surface area contributed by atoms with Crippen LogP contribution in [0.4, 0.5) is 4.39 Å². The Morgan fingerprint density at radius 2 is 1.53 bits per heavy atom. The molecular weight excluding hydrogens is 643 g/mol. The Bertz CT molecular complexity index is 1510. The molecule has 266 valence electrons. The van der Waals surface area contributed by atoms with E-state index in [-0.39, 0.29) is 29.1 Å². The van der Waals surface area contributed by atoms with Crippen LogP contribution in [0.15, 0.2) is 42.7 Å². The van der Waals surface area contributed by atoms with Crippen LogP contribution in [0.5, 0.6) is 0 Å². The molecule has 1 fully saturated rings. The fraction of sp³-hybridized carbons (Fsp3) is 0.471. The number of halogens is 1. The number of hydrogen-bond donors (Lipinski definition) is 7. The second-order valence-corrected chi connectivity index (χ2v) is 12.0. The zero-order chi connectivity index (χ0) is 36.9. The van der Waals surface area contributed by atoms with Gasteiger partial charge < -0.3 is 36.5 Å². The number of amides is 1. The number of aliphatic carboxylic acids is 3. The number of ketones is 2. The molecule has 15 heteroatoms. The van der Waals surface area contributed by atoms with Gasteiger partial charge in [0.25, 0.3) is 0 Å². The largest absolute Gasteiger partial charge is 0.481 e. The molecule has 1 aliphatic rings. The lowest BCUT2D eigenvalue weighted by Crippen LogP contribution is -2.53. The van der Waals surface area contributed by atoms with Crippen molar-refractivity contribution < 1.29 is 53.6 Å². The monoisotopic (exact) mass is 686 g/mol. The van der Waals surface area contributed by atoms with Crippen molar-refractivity contribution in [1.82, 2.24) is 15.6 Å². The Morgan fingerprint density at radius 3 is 2.02 bits per heavy atom. The molecule has 49 heavy (non-hydrogen) atoms. The van der Waals surface area contributed by atoms with E-state index in [9.17, 15) is 33.2 Å². The lowest BCUT2D eigenvalue weighted by Gasteiger charge is -2.32. The number of aromatic nitrogens is 1. The smallest absolute Gasteiger partial charge is 0.336 e. The molecule has 1 amide bonds. The molecule has 0 unspecified atom stereocenters. The van der Waals surface area contributed by atoms with Gasteiger partial charge in [0.2, 0.25) is 5.91 Å². The van der Waals surface area contributed by atoms with Gasteiger partial charge in [-0.15, -0.1) is 0 Å². The van der Waals surface area contributed by atoms with Gasteiger partial charge in [-0.25, -0.2) is 9.18 Å². The summed E-state index contributed by atoms with van der Waals surface area (Å²) in [5, 5.41) is 48.4. The molecule has 1 saturated carbocycles. The Hall–Kier alpha value is -4.89. The molecule has 0 bridgehead atoms. The zero-order valence-corrected chi connectivity index (χ0v) is 27.6. The van der Waals surface area contributed by atoms with Gasteiger partial charge in [-0.05, 0) is 75.0 Å². The number of carbonyl (C=O) groups excluding carboxylic acids is 3. The lowest BCUT2D eigenvalue weighted by atomic mass is 9.78. The van der Waals surface area contributed by atoms with Crippen LogP contribution in [0.25, 0.3) is 0 Å². The summed E-state index contributed by atoms with van der Waals surface area (Å²) in [6.45, 7) is 3.60. The maximum absolute atomic E-state index is 13.7. The average molecular weight is 687 g/mol. The first-order valence-electron chi connectivity index (χ1n) is 15.8. The Morgan fingerprint density at radius 1 is 0.959 bits per heavy atom. The molecule has 7 N–H and O–H groups in total. The van der Waals surface area contributed by atoms with Gasteiger partial charge in [-0.2, -0.15) is 0 Å². The van der Waals surface area contributed by atoms with Gasteiger partial charge in [0.1, 0.15) is 5.82 Å². The lowest BCUT2D eigenvalue weighted by molar-refractivity contribution is -0.170. The van der Waals surface area contributed by atoms with Crippen molar-refractivity contribution in [1.29, 1.82) is 5.41 Å². The summed E-state index contributed by atoms with van der Waals surface area (Å²) < 4.78 is 13.3. The molecule has 1 aliphatic carbocycles. The van der Waals surface area contributed by atoms with E-state index in [1.165, 1.54) is 30.5 Å². The van der Waals surface area contributed by atoms with Crippen molar-refractivity contribution >= 4 is 41.1 Å². The topological polar surface area (TPSA) is 244 Å². The number of hydrogen-bond acceptors (Lipinski definition) is 10. The Labute approximate surface area is 282 Å². The molecule has 0 saturated heterocycles. The van der Waals surface area contributed by atoms with Crippen LogP contribution in [-0.2, 0) is 24.0 Å². The number of pyridine rings is 1. The van der Waals surface area contributed by atoms with E-state index in [1.54, 1.807) is 26.2 Å². The minimum Gasteiger partial charge on any atom is -0.481 e. The number of rotatable bonds is 16. The maximum Gasteiger partial charge on any atom is 0.336 e. The van der Waals surface area contributed by atoms with E-state index in [0.717, 1.165) is 32.1 Å². The predicted molar refractivity (Wildman–Crippen MR) is 174 cm³/mol. The number of benzene rings is 1. The zero-order valence-electron chi connectivity index (χ0n) is 27.6. The predicted octanol–water partition coefficient (Wildman–Crippen LogP) is 2.96. The van der Waals surface area contributed by atoms with Crippen molar-refractivity contribution in [3.63, 3.8) is 0 Å². The summed E-state index contributed by atoms with van der Waals surface area (Å²) in [5.41, 5.74) is -1.62. The number of Topliss-reactive ketones (excluding diaryl/α,β-unsaturated/α-hetero) is 1. The molecule has 0 spiro atoms. The van der Waals surface area contributed by atoms with Crippen molar-refractivity contribution in [3.8, 4) is 0 Å². The number of likely N-dealkylation sites (N-methyl/N-ethyl adjacent to an activating group) is 1. The molecule has 0 radical (unpaired) electrons. The highest BCUT2D eigenvalue weighted by molar-refractivity contribution is 6.42. The summed E-state index contributed by atoms with van der Waals surface area (Å²) in [4.78, 5) is 73.9. The van der Waals surface area contributed by atoms with E-state index in [2.05, 4.69) is 15.6 Å². The third kappa shape index (κ3) is 11.6. The van der Waals surface area contributed by atoms with Crippen LogP contribution in [-0.4, -0.2) is 91.2 Å². The summed E-state index contributed by atoms with van der Waals surface area (Å²) in [6.07, 6.45) is 5.92. The van der Waals surface area contributed by atoms with Crippen molar-refractivity contribution in [2.24, 2.45) is 5.92 Å². The third-order valence-electron chi connectivity index (χ3n) is 8.37. The molecule has 2 aromatic rings. The van der Waals surface area contributed by atoms with E-state index < -0.39 is 60.2 Å². The van der Waals surface area contributed by atoms with Crippen LogP contribution in [0, 0.1) is 17.1 Å². The van der Waals surface area contributed by atoms with Gasteiger partial charge in [-0.1, -0.05) is 26.2 Å². The minimum absolute atomic E-state index is 0.0124. The van der Waals surface area contributed by atoms with Crippen molar-refractivity contribution in [3.05, 3.63) is 65.2 Å². The second-order valence-electron chi connectivity index (χ2n) is 12.0. The van der Waals surface area contributed by atoms with Gasteiger partial charge in [0, 0.05) is 29.4 Å². The average Bonchev–Trinajstić information content (AvgIpc) is 3.06. The summed E-state index contributed by atoms with van der Waals surface area (Å²) in [6, 6.07) is 5.70. The van der Waals surface area contributed by atoms with Gasteiger partial charge >= 0.3 is 17.9 Å². The van der Waals surface area contributed by atoms with Crippen LogP contribution in [0.2, 0.25) is 0 Å². The number of carboxylic acid groups (broad SMARTS) is 3. The second kappa shape index (κ2) is 18.6. The quantitative estimate of drug-likeness (QED) is 0.0996. The summed E-state index contributed by atoms with van der Waals surface area (Å²) in [5.74, 6) is -7.01. The minimum atomic E-state index is -2.74. The number of aliphatic hydroxyl groups is 1. The molecule has 3 rings (SSSR count). The van der Waals surface area contributed by atoms with E-state index in [4.69, 9.17) is 25.8 Å². The van der Waals surface area contributed by atoms with Gasteiger partial charge in [-0.3, -0.25) is 29.0 Å². The molecule has 0 aliphatic heterocycles. The first kappa shape index (κ1) is 40.3. The van der Waals surface area contributed by atoms with Gasteiger partial charge in [0.05, 0.1) is 30.6 Å². The van der Waals surface area contributed by atoms with E-state index in [1.807, 2.05) is 6.92 Å². The normalized spacial score (nSPS) is 15.0. The summed E-state index contributed by atoms with van der Waals surface area (Å²) in [7, 11) is 1.68. The van der Waals surface area contributed by atoms with E-state index in [0.29, 0.717) is 23.1 Å². The number of nitrogens with zero attached hydrogens (tertiary/aromatic N) is 1. The number of carbonyl (C=O) groups is 6. The first-order chi connectivity index (χ1) is 23.0. The van der Waals surface area contributed by atoms with Crippen LogP contribution >= 0.6 is 0 Å². The molecule has 1 aromatic heterocycles.